The van der Waals surface area contributed by atoms with E-state index in [0.29, 0.717) is 6.04 Å². The van der Waals surface area contributed by atoms with Gasteiger partial charge in [0.15, 0.2) is 11.5 Å². The van der Waals surface area contributed by atoms with Gasteiger partial charge in [0.05, 0.1) is 19.1 Å². The highest BCUT2D eigenvalue weighted by atomic mass is 32.1. The van der Waals surface area contributed by atoms with Crippen molar-refractivity contribution in [1.29, 1.82) is 0 Å². The molecule has 1 aliphatic carbocycles. The van der Waals surface area contributed by atoms with Crippen LogP contribution in [0.25, 0.3) is 10.4 Å². The third-order valence-electron chi connectivity index (χ3n) is 4.37. The summed E-state index contributed by atoms with van der Waals surface area (Å²) in [7, 11) is 3.34. The molecule has 0 bridgehead atoms. The minimum absolute atomic E-state index is 0.655. The average molecular weight is 332 g/mol. The Hall–Kier alpha value is -1.59. The van der Waals surface area contributed by atoms with Gasteiger partial charge in [-0.15, -0.1) is 11.3 Å². The lowest BCUT2D eigenvalue weighted by Gasteiger charge is -2.22. The SMILES string of the molecule is COc1cccc(-c2cnc(CNC3CCCCC3)s2)c1OC. The summed E-state index contributed by atoms with van der Waals surface area (Å²) in [5.74, 6) is 1.52. The molecule has 0 aliphatic heterocycles. The molecule has 1 saturated carbocycles. The summed E-state index contributed by atoms with van der Waals surface area (Å²) in [5, 5.41) is 4.77. The highest BCUT2D eigenvalue weighted by Gasteiger charge is 2.16. The van der Waals surface area contributed by atoms with E-state index in [-0.39, 0.29) is 0 Å². The monoisotopic (exact) mass is 332 g/mol. The van der Waals surface area contributed by atoms with Crippen molar-refractivity contribution >= 4 is 11.3 Å². The van der Waals surface area contributed by atoms with Crippen molar-refractivity contribution in [2.45, 2.75) is 44.7 Å². The van der Waals surface area contributed by atoms with Crippen LogP contribution in [-0.4, -0.2) is 25.2 Å². The number of methoxy groups -OCH3 is 2. The van der Waals surface area contributed by atoms with Crippen molar-refractivity contribution in [2.75, 3.05) is 14.2 Å². The van der Waals surface area contributed by atoms with E-state index >= 15 is 0 Å². The molecule has 2 aromatic rings. The summed E-state index contributed by atoms with van der Waals surface area (Å²) < 4.78 is 10.9. The summed E-state index contributed by atoms with van der Waals surface area (Å²) in [4.78, 5) is 5.68. The number of nitrogens with zero attached hydrogens (tertiary/aromatic N) is 1. The Kier molecular flexibility index (Phi) is 5.51. The van der Waals surface area contributed by atoms with E-state index in [9.17, 15) is 0 Å². The predicted molar refractivity (Wildman–Crippen MR) is 94.4 cm³/mol. The van der Waals surface area contributed by atoms with Crippen LogP contribution in [0.3, 0.4) is 0 Å². The number of para-hydroxylation sites is 1. The van der Waals surface area contributed by atoms with Crippen LogP contribution in [0.1, 0.15) is 37.1 Å². The van der Waals surface area contributed by atoms with E-state index in [0.717, 1.165) is 33.5 Å². The fourth-order valence-electron chi connectivity index (χ4n) is 3.14. The zero-order chi connectivity index (χ0) is 16.1. The molecule has 1 fully saturated rings. The number of ether oxygens (including phenoxy) is 2. The first-order chi connectivity index (χ1) is 11.3. The smallest absolute Gasteiger partial charge is 0.169 e. The molecule has 1 aliphatic rings. The number of rotatable bonds is 6. The molecule has 1 aromatic heterocycles. The van der Waals surface area contributed by atoms with Crippen LogP contribution in [0.15, 0.2) is 24.4 Å². The quantitative estimate of drug-likeness (QED) is 0.859. The van der Waals surface area contributed by atoms with Crippen molar-refractivity contribution in [3.8, 4) is 21.9 Å². The van der Waals surface area contributed by atoms with Gasteiger partial charge in [-0.25, -0.2) is 4.98 Å². The van der Waals surface area contributed by atoms with Gasteiger partial charge in [0.1, 0.15) is 5.01 Å². The van der Waals surface area contributed by atoms with Gasteiger partial charge in [-0.3, -0.25) is 0 Å². The first kappa shape index (κ1) is 16.3. The number of thiazole rings is 1. The van der Waals surface area contributed by atoms with Crippen LogP contribution in [-0.2, 0) is 6.54 Å². The van der Waals surface area contributed by atoms with Gasteiger partial charge in [0.2, 0.25) is 0 Å². The second kappa shape index (κ2) is 7.79. The third-order valence-corrected chi connectivity index (χ3v) is 5.40. The van der Waals surface area contributed by atoms with Crippen molar-refractivity contribution in [3.05, 3.63) is 29.4 Å². The Morgan fingerprint density at radius 3 is 2.74 bits per heavy atom. The predicted octanol–water partition coefficient (Wildman–Crippen LogP) is 4.25. The van der Waals surface area contributed by atoms with Crippen LogP contribution in [0.4, 0.5) is 0 Å². The maximum Gasteiger partial charge on any atom is 0.169 e. The maximum absolute atomic E-state index is 5.52. The molecule has 1 aromatic carbocycles. The summed E-state index contributed by atoms with van der Waals surface area (Å²) in [5.41, 5.74) is 1.04. The minimum Gasteiger partial charge on any atom is -0.493 e. The normalized spacial score (nSPS) is 15.6. The van der Waals surface area contributed by atoms with Crippen LogP contribution >= 0.6 is 11.3 Å². The van der Waals surface area contributed by atoms with Gasteiger partial charge in [0.25, 0.3) is 0 Å². The second-order valence-electron chi connectivity index (χ2n) is 5.88. The van der Waals surface area contributed by atoms with E-state index in [1.54, 1.807) is 25.6 Å². The molecule has 0 atom stereocenters. The molecule has 0 saturated heterocycles. The number of hydrogen-bond acceptors (Lipinski definition) is 5. The van der Waals surface area contributed by atoms with E-state index < -0.39 is 0 Å². The molecule has 124 valence electrons. The summed E-state index contributed by atoms with van der Waals surface area (Å²) in [6.07, 6.45) is 8.60. The van der Waals surface area contributed by atoms with Crippen LogP contribution in [0.5, 0.6) is 11.5 Å². The highest BCUT2D eigenvalue weighted by molar-refractivity contribution is 7.15. The lowest BCUT2D eigenvalue weighted by atomic mass is 9.96. The van der Waals surface area contributed by atoms with Crippen LogP contribution < -0.4 is 14.8 Å². The lowest BCUT2D eigenvalue weighted by molar-refractivity contribution is 0.356. The molecule has 0 radical (unpaired) electrons. The number of nitrogens with one attached hydrogen (secondary N) is 1. The van der Waals surface area contributed by atoms with E-state index in [1.807, 2.05) is 24.4 Å². The standard InChI is InChI=1S/C18H24N2O2S/c1-21-15-10-6-9-14(18(15)22-2)16-11-20-17(23-16)12-19-13-7-4-3-5-8-13/h6,9-11,13,19H,3-5,7-8,12H2,1-2H3. The zero-order valence-corrected chi connectivity index (χ0v) is 14.6. The molecular weight excluding hydrogens is 308 g/mol. The number of aromatic nitrogens is 1. The molecule has 0 unspecified atom stereocenters. The summed E-state index contributed by atoms with van der Waals surface area (Å²) in [6.45, 7) is 0.849. The van der Waals surface area contributed by atoms with Crippen LogP contribution in [0, 0.1) is 0 Å². The average Bonchev–Trinajstić information content (AvgIpc) is 3.09. The Labute approximate surface area is 141 Å². The summed E-state index contributed by atoms with van der Waals surface area (Å²) >= 11 is 1.71. The largest absolute Gasteiger partial charge is 0.493 e. The van der Waals surface area contributed by atoms with Crippen molar-refractivity contribution in [1.82, 2.24) is 10.3 Å². The third kappa shape index (κ3) is 3.85. The fourth-order valence-corrected chi connectivity index (χ4v) is 4.03. The highest BCUT2D eigenvalue weighted by Crippen LogP contribution is 2.39. The first-order valence-corrected chi connectivity index (χ1v) is 9.03. The molecule has 1 heterocycles. The van der Waals surface area contributed by atoms with Gasteiger partial charge in [-0.2, -0.15) is 0 Å². The van der Waals surface area contributed by atoms with Gasteiger partial charge in [-0.1, -0.05) is 25.3 Å². The maximum atomic E-state index is 5.52. The van der Waals surface area contributed by atoms with Crippen molar-refractivity contribution in [2.24, 2.45) is 0 Å². The molecule has 23 heavy (non-hydrogen) atoms. The molecule has 1 N–H and O–H groups in total. The minimum atomic E-state index is 0.655. The van der Waals surface area contributed by atoms with Gasteiger partial charge in [-0.05, 0) is 25.0 Å². The Morgan fingerprint density at radius 2 is 2.00 bits per heavy atom. The van der Waals surface area contributed by atoms with E-state index in [4.69, 9.17) is 9.47 Å². The Bertz CT molecular complexity index is 636. The van der Waals surface area contributed by atoms with Gasteiger partial charge in [0, 0.05) is 24.3 Å². The first-order valence-electron chi connectivity index (χ1n) is 8.21. The summed E-state index contributed by atoms with van der Waals surface area (Å²) in [6, 6.07) is 6.60. The molecule has 4 nitrogen and oxygen atoms in total. The molecule has 0 spiro atoms. The Balaban J connectivity index is 1.71. The van der Waals surface area contributed by atoms with Crippen molar-refractivity contribution in [3.63, 3.8) is 0 Å². The molecular formula is C18H24N2O2S. The lowest BCUT2D eigenvalue weighted by Crippen LogP contribution is -2.30. The molecule has 0 amide bonds. The Morgan fingerprint density at radius 1 is 1.17 bits per heavy atom. The fraction of sp³-hybridized carbons (Fsp3) is 0.500. The number of hydrogen-bond donors (Lipinski definition) is 1. The number of benzene rings is 1. The second-order valence-corrected chi connectivity index (χ2v) is 6.99. The van der Waals surface area contributed by atoms with Crippen LogP contribution in [0.2, 0.25) is 0 Å². The topological polar surface area (TPSA) is 43.4 Å². The molecule has 5 heteroatoms. The van der Waals surface area contributed by atoms with E-state index in [1.165, 1.54) is 32.1 Å². The zero-order valence-electron chi connectivity index (χ0n) is 13.8. The van der Waals surface area contributed by atoms with Gasteiger partial charge >= 0.3 is 0 Å². The van der Waals surface area contributed by atoms with Gasteiger partial charge < -0.3 is 14.8 Å². The molecule has 3 rings (SSSR count). The van der Waals surface area contributed by atoms with Crippen molar-refractivity contribution < 1.29 is 9.47 Å². The van der Waals surface area contributed by atoms with E-state index in [2.05, 4.69) is 10.3 Å².